The van der Waals surface area contributed by atoms with Crippen molar-refractivity contribution in [2.75, 3.05) is 27.7 Å². The van der Waals surface area contributed by atoms with Gasteiger partial charge in [-0.2, -0.15) is 0 Å². The number of aliphatic hydroxyl groups is 3. The van der Waals surface area contributed by atoms with E-state index in [0.29, 0.717) is 6.54 Å². The summed E-state index contributed by atoms with van der Waals surface area (Å²) in [5.74, 6) is -8.24. The largest absolute Gasteiger partial charge is 0.508 e. The van der Waals surface area contributed by atoms with Crippen LogP contribution in [0.3, 0.4) is 0 Å². The van der Waals surface area contributed by atoms with Gasteiger partial charge in [0.05, 0.1) is 11.6 Å². The molecule has 0 bridgehead atoms. The van der Waals surface area contributed by atoms with Gasteiger partial charge in [-0.3, -0.25) is 19.3 Å². The fourth-order valence-corrected chi connectivity index (χ4v) is 6.62. The van der Waals surface area contributed by atoms with Crippen molar-refractivity contribution in [3.8, 4) is 5.75 Å². The number of rotatable bonds is 5. The van der Waals surface area contributed by atoms with E-state index in [1.165, 1.54) is 25.1 Å². The van der Waals surface area contributed by atoms with Gasteiger partial charge < -0.3 is 31.1 Å². The summed E-state index contributed by atoms with van der Waals surface area (Å²) in [4.78, 5) is 42.3. The smallest absolute Gasteiger partial charge is 0.255 e. The van der Waals surface area contributed by atoms with Gasteiger partial charge in [0.2, 0.25) is 5.78 Å². The lowest BCUT2D eigenvalue weighted by atomic mass is 9.57. The number of hydrogen-bond donors (Lipinski definition) is 5. The summed E-state index contributed by atoms with van der Waals surface area (Å²) >= 11 is 0. The lowest BCUT2D eigenvalue weighted by molar-refractivity contribution is -0.153. The Hall–Kier alpha value is -3.28. The number of Topliss-reactive ketones (excluding diaryl/α,β-unsaturated/α-hetero) is 2. The fraction of sp³-hybridized carbons (Fsp3) is 0.536. The average Bonchev–Trinajstić information content (AvgIpc) is 2.77. The van der Waals surface area contributed by atoms with Crippen molar-refractivity contribution in [3.63, 3.8) is 0 Å². The van der Waals surface area contributed by atoms with E-state index in [2.05, 4.69) is 0 Å². The zero-order valence-electron chi connectivity index (χ0n) is 23.0. The van der Waals surface area contributed by atoms with Crippen LogP contribution in [0.15, 0.2) is 23.0 Å². The molecule has 1 aromatic carbocycles. The number of aliphatic hydroxyl groups excluding tert-OH is 2. The standard InChI is InChI=1S/C28H36FN3O7/c1-27(2,3)11-32(6)10-13-9-16(33)18-14(20(13)29)7-12-8-15-21(31(4)5)23(35)19(26(30)38)25(37)28(15,39)24(36)17(12)22(18)34/h9,12,15,21,33-34,37,39H,7-8,10-11H2,1-6H3,(H2,30,38)/t12-,15-,21-,28-/m0/s1. The lowest BCUT2D eigenvalue weighted by Crippen LogP contribution is -2.65. The monoisotopic (exact) mass is 545 g/mol. The molecule has 3 aliphatic rings. The average molecular weight is 546 g/mol. The highest BCUT2D eigenvalue weighted by Gasteiger charge is 2.64. The Morgan fingerprint density at radius 2 is 1.79 bits per heavy atom. The quantitative estimate of drug-likeness (QED) is 0.346. The van der Waals surface area contributed by atoms with Crippen molar-refractivity contribution >= 4 is 23.2 Å². The second-order valence-electron chi connectivity index (χ2n) is 12.4. The summed E-state index contributed by atoms with van der Waals surface area (Å²) < 4.78 is 15.9. The van der Waals surface area contributed by atoms with Crippen molar-refractivity contribution in [1.82, 2.24) is 9.80 Å². The molecule has 1 aromatic rings. The Morgan fingerprint density at radius 1 is 1.18 bits per heavy atom. The molecule has 212 valence electrons. The molecule has 0 unspecified atom stereocenters. The predicted octanol–water partition coefficient (Wildman–Crippen LogP) is 1.58. The van der Waals surface area contributed by atoms with E-state index in [9.17, 15) is 34.8 Å². The van der Waals surface area contributed by atoms with Crippen LogP contribution in [0.5, 0.6) is 5.75 Å². The second kappa shape index (κ2) is 9.42. The van der Waals surface area contributed by atoms with E-state index in [1.807, 2.05) is 32.7 Å². The van der Waals surface area contributed by atoms with Gasteiger partial charge in [0, 0.05) is 35.7 Å². The molecule has 6 N–H and O–H groups in total. The summed E-state index contributed by atoms with van der Waals surface area (Å²) in [7, 11) is 4.87. The minimum atomic E-state index is -2.73. The maximum atomic E-state index is 15.9. The number of ketones is 2. The SMILES string of the molecule is CN(Cc1cc(O)c2c(c1F)C[C@H]1C[C@H]3[C@H](N(C)C)C(=O)C(C(N)=O)=C(O)[C@@]3(O)C(=O)C1=C2O)CC(C)(C)C. The first-order valence-corrected chi connectivity index (χ1v) is 12.8. The minimum absolute atomic E-state index is 0.0276. The van der Waals surface area contributed by atoms with Gasteiger partial charge >= 0.3 is 0 Å². The van der Waals surface area contributed by atoms with Crippen LogP contribution < -0.4 is 5.73 Å². The Labute approximate surface area is 226 Å². The topological polar surface area (TPSA) is 165 Å². The van der Waals surface area contributed by atoms with E-state index in [0.717, 1.165) is 0 Å². The number of halogens is 1. The minimum Gasteiger partial charge on any atom is -0.508 e. The van der Waals surface area contributed by atoms with Crippen molar-refractivity contribution in [2.45, 2.75) is 51.8 Å². The van der Waals surface area contributed by atoms with Crippen LogP contribution in [0.25, 0.3) is 5.76 Å². The van der Waals surface area contributed by atoms with Gasteiger partial charge in [0.15, 0.2) is 11.4 Å². The van der Waals surface area contributed by atoms with Crippen molar-refractivity contribution in [1.29, 1.82) is 0 Å². The van der Waals surface area contributed by atoms with Gasteiger partial charge in [0.25, 0.3) is 5.91 Å². The molecule has 0 radical (unpaired) electrons. The molecule has 0 saturated heterocycles. The predicted molar refractivity (Wildman–Crippen MR) is 140 cm³/mol. The van der Waals surface area contributed by atoms with Crippen molar-refractivity contribution < 1.29 is 39.2 Å². The first kappa shape index (κ1) is 28.7. The Morgan fingerprint density at radius 3 is 2.33 bits per heavy atom. The molecule has 0 aromatic heterocycles. The second-order valence-corrected chi connectivity index (χ2v) is 12.4. The molecule has 10 nitrogen and oxygen atoms in total. The van der Waals surface area contributed by atoms with Crippen LogP contribution in [0.4, 0.5) is 4.39 Å². The number of carbonyl (C=O) groups excluding carboxylic acids is 3. The molecule has 1 fully saturated rings. The summed E-state index contributed by atoms with van der Waals surface area (Å²) in [6.07, 6.45) is -0.190. The zero-order chi connectivity index (χ0) is 29.4. The number of benzene rings is 1. The van der Waals surface area contributed by atoms with E-state index in [4.69, 9.17) is 5.73 Å². The molecule has 3 aliphatic carbocycles. The number of hydrogen-bond acceptors (Lipinski definition) is 9. The van der Waals surface area contributed by atoms with Crippen LogP contribution >= 0.6 is 0 Å². The van der Waals surface area contributed by atoms with Crippen molar-refractivity contribution in [3.05, 3.63) is 45.5 Å². The maximum Gasteiger partial charge on any atom is 0.255 e. The van der Waals surface area contributed by atoms with E-state index in [1.54, 1.807) is 0 Å². The molecule has 4 atom stereocenters. The maximum absolute atomic E-state index is 15.9. The first-order chi connectivity index (χ1) is 17.9. The first-order valence-electron chi connectivity index (χ1n) is 12.8. The number of primary amides is 1. The highest BCUT2D eigenvalue weighted by atomic mass is 19.1. The fourth-order valence-electron chi connectivity index (χ4n) is 6.62. The molecule has 39 heavy (non-hydrogen) atoms. The number of likely N-dealkylation sites (N-methyl/N-ethyl adjacent to an activating group) is 1. The molecular formula is C28H36FN3O7. The number of phenolic OH excluding ortho intramolecular Hbond substituents is 1. The van der Waals surface area contributed by atoms with Crippen LogP contribution in [0.1, 0.15) is 43.9 Å². The van der Waals surface area contributed by atoms with Crippen molar-refractivity contribution in [2.24, 2.45) is 23.0 Å². The number of nitrogens with zero attached hydrogens (tertiary/aromatic N) is 2. The summed E-state index contributed by atoms with van der Waals surface area (Å²) in [6.45, 7) is 6.99. The van der Waals surface area contributed by atoms with E-state index >= 15 is 4.39 Å². The highest BCUT2D eigenvalue weighted by Crippen LogP contribution is 2.53. The van der Waals surface area contributed by atoms with Gasteiger partial charge in [-0.25, -0.2) is 4.39 Å². The zero-order valence-corrected chi connectivity index (χ0v) is 23.0. The summed E-state index contributed by atoms with van der Waals surface area (Å²) in [5.41, 5.74) is 1.34. The lowest BCUT2D eigenvalue weighted by Gasteiger charge is -2.50. The van der Waals surface area contributed by atoms with E-state index in [-0.39, 0.29) is 47.1 Å². The molecule has 0 spiro atoms. The normalized spacial score (nSPS) is 27.2. The molecule has 1 saturated carbocycles. The molecular weight excluding hydrogens is 509 g/mol. The van der Waals surface area contributed by atoms with E-state index < -0.39 is 69.6 Å². The summed E-state index contributed by atoms with van der Waals surface area (Å²) in [6, 6.07) is 0.0113. The highest BCUT2D eigenvalue weighted by molar-refractivity contribution is 6.24. The number of amides is 1. The number of carbonyl (C=O) groups is 3. The molecule has 4 rings (SSSR count). The Kier molecular flexibility index (Phi) is 6.94. The third-order valence-electron chi connectivity index (χ3n) is 7.91. The molecule has 0 heterocycles. The van der Waals surface area contributed by atoms with Crippen LogP contribution in [0.2, 0.25) is 0 Å². The summed E-state index contributed by atoms with van der Waals surface area (Å²) in [5, 5.41) is 44.5. The molecule has 11 heteroatoms. The number of phenols is 1. The third kappa shape index (κ3) is 4.42. The van der Waals surface area contributed by atoms with Gasteiger partial charge in [0.1, 0.15) is 28.7 Å². The number of nitrogens with two attached hydrogens (primary N) is 1. The third-order valence-corrected chi connectivity index (χ3v) is 7.91. The van der Waals surface area contributed by atoms with Gasteiger partial charge in [-0.1, -0.05) is 20.8 Å². The van der Waals surface area contributed by atoms with Gasteiger partial charge in [-0.05, 0) is 51.4 Å². The van der Waals surface area contributed by atoms with Crippen LogP contribution in [0, 0.1) is 23.1 Å². The number of aromatic hydroxyl groups is 1. The molecule has 1 amide bonds. The Bertz CT molecular complexity index is 1340. The van der Waals surface area contributed by atoms with Crippen LogP contribution in [-0.4, -0.2) is 87.0 Å². The number of fused-ring (bicyclic) bond motifs is 3. The molecule has 0 aliphatic heterocycles. The van der Waals surface area contributed by atoms with Crippen LogP contribution in [-0.2, 0) is 27.3 Å². The Balaban J connectivity index is 1.86. The van der Waals surface area contributed by atoms with Gasteiger partial charge in [-0.15, -0.1) is 0 Å².